The van der Waals surface area contributed by atoms with Crippen LogP contribution in [0.15, 0.2) is 47.7 Å². The Kier molecular flexibility index (Phi) is 6.73. The minimum atomic E-state index is -0.933. The SMILES string of the molecule is CC1=C(c2cnc(NC(=O)c3ccc(F)cc3F)cn2)CN(c2nccs2)CC1.Cl. The average molecular weight is 450 g/mol. The highest BCUT2D eigenvalue weighted by Gasteiger charge is 2.21. The molecule has 0 bridgehead atoms. The van der Waals surface area contributed by atoms with Crippen LogP contribution in [0, 0.1) is 11.6 Å². The summed E-state index contributed by atoms with van der Waals surface area (Å²) >= 11 is 1.59. The van der Waals surface area contributed by atoms with Gasteiger partial charge in [-0.1, -0.05) is 5.57 Å². The third-order valence-corrected chi connectivity index (χ3v) is 5.52. The Balaban J connectivity index is 0.00000256. The Morgan fingerprint density at radius 1 is 1.20 bits per heavy atom. The van der Waals surface area contributed by atoms with Crippen molar-refractivity contribution in [3.8, 4) is 0 Å². The minimum absolute atomic E-state index is 0. The van der Waals surface area contributed by atoms with Gasteiger partial charge in [0.2, 0.25) is 0 Å². The van der Waals surface area contributed by atoms with Crippen molar-refractivity contribution in [1.82, 2.24) is 15.0 Å². The van der Waals surface area contributed by atoms with E-state index in [9.17, 15) is 13.6 Å². The van der Waals surface area contributed by atoms with Gasteiger partial charge in [-0.2, -0.15) is 0 Å². The van der Waals surface area contributed by atoms with Gasteiger partial charge in [-0.3, -0.25) is 9.78 Å². The Hall–Kier alpha value is -2.91. The molecule has 3 heterocycles. The summed E-state index contributed by atoms with van der Waals surface area (Å²) in [6, 6.07) is 2.78. The molecule has 0 fully saturated rings. The van der Waals surface area contributed by atoms with Gasteiger partial charge in [-0.15, -0.1) is 23.7 Å². The predicted octanol–water partition coefficient (Wildman–Crippen LogP) is 4.57. The molecule has 1 aliphatic rings. The van der Waals surface area contributed by atoms with E-state index in [0.717, 1.165) is 41.5 Å². The first-order valence-electron chi connectivity index (χ1n) is 8.93. The number of amides is 1. The number of carbonyl (C=O) groups excluding carboxylic acids is 1. The molecule has 0 atom stereocenters. The molecule has 1 N–H and O–H groups in total. The summed E-state index contributed by atoms with van der Waals surface area (Å²) in [7, 11) is 0. The van der Waals surface area contributed by atoms with Crippen LogP contribution < -0.4 is 10.2 Å². The highest BCUT2D eigenvalue weighted by Crippen LogP contribution is 2.29. The Morgan fingerprint density at radius 2 is 2.03 bits per heavy atom. The number of benzene rings is 1. The zero-order valence-corrected chi connectivity index (χ0v) is 17.6. The lowest BCUT2D eigenvalue weighted by molar-refractivity contribution is 0.102. The lowest BCUT2D eigenvalue weighted by Crippen LogP contribution is -2.31. The molecule has 0 unspecified atom stereocenters. The second kappa shape index (κ2) is 9.27. The summed E-state index contributed by atoms with van der Waals surface area (Å²) in [6.45, 7) is 3.65. The molecular weight excluding hydrogens is 432 g/mol. The number of rotatable bonds is 4. The Bertz CT molecular complexity index is 1070. The van der Waals surface area contributed by atoms with Crippen molar-refractivity contribution in [2.45, 2.75) is 13.3 Å². The highest BCUT2D eigenvalue weighted by atomic mass is 35.5. The van der Waals surface area contributed by atoms with E-state index in [0.29, 0.717) is 12.6 Å². The van der Waals surface area contributed by atoms with E-state index in [1.54, 1.807) is 23.7 Å². The van der Waals surface area contributed by atoms with Crippen molar-refractivity contribution in [2.24, 2.45) is 0 Å². The fourth-order valence-corrected chi connectivity index (χ4v) is 3.77. The number of aromatic nitrogens is 3. The molecule has 0 spiro atoms. The van der Waals surface area contributed by atoms with Gasteiger partial charge in [0, 0.05) is 30.7 Å². The Labute approximate surface area is 182 Å². The topological polar surface area (TPSA) is 71.0 Å². The van der Waals surface area contributed by atoms with Crippen molar-refractivity contribution in [3.63, 3.8) is 0 Å². The normalized spacial score (nSPS) is 13.8. The second-order valence-electron chi connectivity index (χ2n) is 6.61. The second-order valence-corrected chi connectivity index (χ2v) is 7.48. The number of anilines is 2. The maximum Gasteiger partial charge on any atom is 0.259 e. The molecule has 1 aromatic carbocycles. The van der Waals surface area contributed by atoms with Gasteiger partial charge >= 0.3 is 0 Å². The van der Waals surface area contributed by atoms with Gasteiger partial charge in [-0.25, -0.2) is 18.7 Å². The van der Waals surface area contributed by atoms with Gasteiger partial charge in [0.25, 0.3) is 5.91 Å². The average Bonchev–Trinajstić information content (AvgIpc) is 3.24. The Morgan fingerprint density at radius 3 is 2.70 bits per heavy atom. The molecule has 1 aliphatic heterocycles. The molecule has 6 nitrogen and oxygen atoms in total. The summed E-state index contributed by atoms with van der Waals surface area (Å²) in [5, 5.41) is 5.39. The molecule has 0 radical (unpaired) electrons. The van der Waals surface area contributed by atoms with Crippen LogP contribution in [0.5, 0.6) is 0 Å². The van der Waals surface area contributed by atoms with E-state index < -0.39 is 17.5 Å². The van der Waals surface area contributed by atoms with Crippen LogP contribution in [0.1, 0.15) is 29.4 Å². The largest absolute Gasteiger partial charge is 0.343 e. The quantitative estimate of drug-likeness (QED) is 0.631. The number of nitrogens with zero attached hydrogens (tertiary/aromatic N) is 4. The maximum absolute atomic E-state index is 13.8. The van der Waals surface area contributed by atoms with Crippen LogP contribution >= 0.6 is 23.7 Å². The standard InChI is InChI=1S/C20H17F2N5OS.ClH/c1-12-4-6-27(20-23-5-7-29-20)11-15(12)17-9-25-18(10-24-17)26-19(28)14-3-2-13(21)8-16(14)22;/h2-3,5,7-10H,4,6,11H2,1H3,(H,25,26,28);1H. The number of carbonyl (C=O) groups is 1. The van der Waals surface area contributed by atoms with E-state index in [2.05, 4.69) is 32.1 Å². The predicted molar refractivity (Wildman–Crippen MR) is 115 cm³/mol. The number of hydrogen-bond acceptors (Lipinski definition) is 6. The smallest absolute Gasteiger partial charge is 0.259 e. The minimum Gasteiger partial charge on any atom is -0.343 e. The first-order valence-corrected chi connectivity index (χ1v) is 9.81. The van der Waals surface area contributed by atoms with E-state index in [4.69, 9.17) is 0 Å². The molecular formula is C20H18ClF2N5OS. The summed E-state index contributed by atoms with van der Waals surface area (Å²) in [6.07, 6.45) is 5.70. The number of halogens is 3. The molecule has 0 aliphatic carbocycles. The lowest BCUT2D eigenvalue weighted by atomic mass is 9.99. The molecule has 156 valence electrons. The third kappa shape index (κ3) is 4.63. The van der Waals surface area contributed by atoms with Crippen LogP contribution in [0.4, 0.5) is 19.7 Å². The van der Waals surface area contributed by atoms with Gasteiger partial charge in [-0.05, 0) is 31.1 Å². The molecule has 1 amide bonds. The van der Waals surface area contributed by atoms with Crippen molar-refractivity contribution >= 4 is 46.2 Å². The van der Waals surface area contributed by atoms with E-state index in [1.807, 2.05) is 5.38 Å². The molecule has 30 heavy (non-hydrogen) atoms. The van der Waals surface area contributed by atoms with Gasteiger partial charge in [0.05, 0.1) is 23.7 Å². The number of nitrogens with one attached hydrogen (secondary N) is 1. The van der Waals surface area contributed by atoms with E-state index >= 15 is 0 Å². The molecule has 0 saturated carbocycles. The van der Waals surface area contributed by atoms with Crippen molar-refractivity contribution in [2.75, 3.05) is 23.3 Å². The molecule has 10 heteroatoms. The number of thiazole rings is 1. The summed E-state index contributed by atoms with van der Waals surface area (Å²) in [4.78, 5) is 27.4. The molecule has 0 saturated heterocycles. The van der Waals surface area contributed by atoms with Crippen LogP contribution in [-0.2, 0) is 0 Å². The zero-order valence-electron chi connectivity index (χ0n) is 15.9. The summed E-state index contributed by atoms with van der Waals surface area (Å²) in [5.41, 5.74) is 2.76. The van der Waals surface area contributed by atoms with Crippen LogP contribution in [0.25, 0.3) is 5.57 Å². The summed E-state index contributed by atoms with van der Waals surface area (Å²) < 4.78 is 26.8. The fourth-order valence-electron chi connectivity index (χ4n) is 3.10. The van der Waals surface area contributed by atoms with Crippen molar-refractivity contribution < 1.29 is 13.6 Å². The van der Waals surface area contributed by atoms with Crippen molar-refractivity contribution in [1.29, 1.82) is 0 Å². The lowest BCUT2D eigenvalue weighted by Gasteiger charge is -2.29. The number of hydrogen-bond donors (Lipinski definition) is 1. The molecule has 3 aromatic rings. The van der Waals surface area contributed by atoms with Gasteiger partial charge in [0.1, 0.15) is 11.6 Å². The van der Waals surface area contributed by atoms with Crippen LogP contribution in [0.2, 0.25) is 0 Å². The van der Waals surface area contributed by atoms with Crippen molar-refractivity contribution in [3.05, 3.63) is 70.6 Å². The fraction of sp³-hybridized carbons (Fsp3) is 0.200. The molecule has 4 rings (SSSR count). The third-order valence-electron chi connectivity index (χ3n) is 4.69. The van der Waals surface area contributed by atoms with Crippen LogP contribution in [0.3, 0.4) is 0 Å². The highest BCUT2D eigenvalue weighted by molar-refractivity contribution is 7.13. The van der Waals surface area contributed by atoms with Gasteiger partial charge < -0.3 is 10.2 Å². The monoisotopic (exact) mass is 449 g/mol. The molecule has 2 aromatic heterocycles. The summed E-state index contributed by atoms with van der Waals surface area (Å²) in [5.74, 6) is -2.20. The maximum atomic E-state index is 13.8. The first kappa shape index (κ1) is 21.8. The zero-order chi connectivity index (χ0) is 20.4. The van der Waals surface area contributed by atoms with E-state index in [1.165, 1.54) is 11.8 Å². The first-order chi connectivity index (χ1) is 14.0. The van der Waals surface area contributed by atoms with Crippen LogP contribution in [-0.4, -0.2) is 33.9 Å². The van der Waals surface area contributed by atoms with E-state index in [-0.39, 0.29) is 23.8 Å². The van der Waals surface area contributed by atoms with Gasteiger partial charge in [0.15, 0.2) is 10.9 Å².